The average Bonchev–Trinajstić information content (AvgIpc) is 2.94. The third-order valence-corrected chi connectivity index (χ3v) is 7.18. The first-order valence-corrected chi connectivity index (χ1v) is 14.7. The second kappa shape index (κ2) is 16.8. The number of benzene rings is 3. The molecule has 0 heterocycles. The standard InChI is InChI=1S/C35H46O2/c1-3-5-7-9-11-13-15-29-17-21-31(22-18-29)32-25-27-34(28-26-32)37-35(36)33-23-19-30(20-24-33)16-14-12-10-8-6-4-2/h17-28H,3-16H2,1-2H3. The van der Waals surface area contributed by atoms with E-state index in [0.717, 1.165) is 18.4 Å². The third kappa shape index (κ3) is 10.6. The topological polar surface area (TPSA) is 26.3 Å². The summed E-state index contributed by atoms with van der Waals surface area (Å²) in [4.78, 5) is 12.6. The molecular weight excluding hydrogens is 452 g/mol. The maximum atomic E-state index is 12.6. The predicted octanol–water partition coefficient (Wildman–Crippen LogP) is 10.4. The Balaban J connectivity index is 1.43. The molecule has 0 N–H and O–H groups in total. The second-order valence-corrected chi connectivity index (χ2v) is 10.3. The van der Waals surface area contributed by atoms with Crippen LogP contribution < -0.4 is 4.74 Å². The average molecular weight is 499 g/mol. The maximum Gasteiger partial charge on any atom is 0.343 e. The Morgan fingerprint density at radius 2 is 0.919 bits per heavy atom. The van der Waals surface area contributed by atoms with Gasteiger partial charge in [-0.2, -0.15) is 0 Å². The lowest BCUT2D eigenvalue weighted by Crippen LogP contribution is -2.08. The maximum absolute atomic E-state index is 12.6. The van der Waals surface area contributed by atoms with Crippen molar-refractivity contribution in [3.8, 4) is 16.9 Å². The molecule has 0 spiro atoms. The zero-order valence-corrected chi connectivity index (χ0v) is 23.1. The highest BCUT2D eigenvalue weighted by Crippen LogP contribution is 2.24. The van der Waals surface area contributed by atoms with Gasteiger partial charge in [0.2, 0.25) is 0 Å². The van der Waals surface area contributed by atoms with Crippen LogP contribution in [0.5, 0.6) is 5.75 Å². The Bertz CT molecular complexity index is 1020. The molecule has 37 heavy (non-hydrogen) atoms. The van der Waals surface area contributed by atoms with E-state index < -0.39 is 0 Å². The van der Waals surface area contributed by atoms with E-state index in [1.165, 1.54) is 93.7 Å². The minimum Gasteiger partial charge on any atom is -0.423 e. The smallest absolute Gasteiger partial charge is 0.343 e. The normalized spacial score (nSPS) is 11.0. The molecule has 0 aliphatic carbocycles. The van der Waals surface area contributed by atoms with Crippen LogP contribution in [0.15, 0.2) is 72.8 Å². The molecule has 0 radical (unpaired) electrons. The predicted molar refractivity (Wildman–Crippen MR) is 157 cm³/mol. The van der Waals surface area contributed by atoms with Gasteiger partial charge < -0.3 is 4.74 Å². The molecule has 0 atom stereocenters. The van der Waals surface area contributed by atoms with Gasteiger partial charge in [-0.05, 0) is 72.2 Å². The summed E-state index contributed by atoms with van der Waals surface area (Å²) >= 11 is 0. The van der Waals surface area contributed by atoms with Crippen molar-refractivity contribution in [1.82, 2.24) is 0 Å². The summed E-state index contributed by atoms with van der Waals surface area (Å²) in [5, 5.41) is 0. The van der Waals surface area contributed by atoms with Crippen molar-refractivity contribution in [2.75, 3.05) is 0 Å². The Morgan fingerprint density at radius 1 is 0.514 bits per heavy atom. The van der Waals surface area contributed by atoms with Crippen molar-refractivity contribution < 1.29 is 9.53 Å². The summed E-state index contributed by atoms with van der Waals surface area (Å²) in [6.07, 6.45) is 18.0. The molecule has 0 aliphatic heterocycles. The van der Waals surface area contributed by atoms with Crippen molar-refractivity contribution in [3.63, 3.8) is 0 Å². The van der Waals surface area contributed by atoms with Crippen LogP contribution in [0, 0.1) is 0 Å². The molecule has 2 nitrogen and oxygen atoms in total. The quantitative estimate of drug-likeness (QED) is 0.105. The van der Waals surface area contributed by atoms with Gasteiger partial charge in [0.05, 0.1) is 5.56 Å². The fraction of sp³-hybridized carbons (Fsp3) is 0.457. The monoisotopic (exact) mass is 498 g/mol. The number of esters is 1. The molecule has 0 fully saturated rings. The lowest BCUT2D eigenvalue weighted by molar-refractivity contribution is 0.0735. The Kier molecular flexibility index (Phi) is 13.0. The fourth-order valence-corrected chi connectivity index (χ4v) is 4.77. The lowest BCUT2D eigenvalue weighted by atomic mass is 10.0. The van der Waals surface area contributed by atoms with Gasteiger partial charge in [-0.15, -0.1) is 0 Å². The van der Waals surface area contributed by atoms with E-state index in [-0.39, 0.29) is 5.97 Å². The number of carbonyl (C=O) groups is 1. The molecule has 3 rings (SSSR count). The molecular formula is C35H46O2. The van der Waals surface area contributed by atoms with Crippen LogP contribution in [-0.4, -0.2) is 5.97 Å². The van der Waals surface area contributed by atoms with Crippen LogP contribution in [0.3, 0.4) is 0 Å². The summed E-state index contributed by atoms with van der Waals surface area (Å²) in [7, 11) is 0. The number of ether oxygens (including phenoxy) is 1. The van der Waals surface area contributed by atoms with Crippen LogP contribution in [0.4, 0.5) is 0 Å². The van der Waals surface area contributed by atoms with Crippen molar-refractivity contribution in [1.29, 1.82) is 0 Å². The van der Waals surface area contributed by atoms with E-state index >= 15 is 0 Å². The third-order valence-electron chi connectivity index (χ3n) is 7.18. The number of hydrogen-bond donors (Lipinski definition) is 0. The molecule has 0 saturated heterocycles. The first kappa shape index (κ1) is 28.7. The minimum atomic E-state index is -0.307. The van der Waals surface area contributed by atoms with Gasteiger partial charge >= 0.3 is 5.97 Å². The van der Waals surface area contributed by atoms with Gasteiger partial charge in [0, 0.05) is 0 Å². The Morgan fingerprint density at radius 3 is 1.41 bits per heavy atom. The highest BCUT2D eigenvalue weighted by Gasteiger charge is 2.09. The van der Waals surface area contributed by atoms with E-state index in [4.69, 9.17) is 4.74 Å². The van der Waals surface area contributed by atoms with E-state index in [1.54, 1.807) is 0 Å². The van der Waals surface area contributed by atoms with Crippen LogP contribution in [0.2, 0.25) is 0 Å². The second-order valence-electron chi connectivity index (χ2n) is 10.3. The zero-order chi connectivity index (χ0) is 26.1. The van der Waals surface area contributed by atoms with Crippen molar-refractivity contribution >= 4 is 5.97 Å². The number of unbranched alkanes of at least 4 members (excludes halogenated alkanes) is 10. The van der Waals surface area contributed by atoms with Gasteiger partial charge in [-0.1, -0.05) is 127 Å². The van der Waals surface area contributed by atoms with Crippen LogP contribution in [-0.2, 0) is 12.8 Å². The number of carbonyl (C=O) groups excluding carboxylic acids is 1. The molecule has 0 saturated carbocycles. The summed E-state index contributed by atoms with van der Waals surface area (Å²) in [6.45, 7) is 4.51. The molecule has 0 aromatic heterocycles. The SMILES string of the molecule is CCCCCCCCc1ccc(C(=O)Oc2ccc(-c3ccc(CCCCCCCC)cc3)cc2)cc1. The molecule has 0 amide bonds. The van der Waals surface area contributed by atoms with Crippen LogP contribution >= 0.6 is 0 Å². The van der Waals surface area contributed by atoms with E-state index in [2.05, 4.69) is 50.2 Å². The van der Waals surface area contributed by atoms with Crippen molar-refractivity contribution in [2.45, 2.75) is 104 Å². The summed E-state index contributed by atoms with van der Waals surface area (Å²) < 4.78 is 5.63. The highest BCUT2D eigenvalue weighted by molar-refractivity contribution is 5.91. The highest BCUT2D eigenvalue weighted by atomic mass is 16.5. The molecule has 0 aliphatic rings. The van der Waals surface area contributed by atoms with E-state index in [9.17, 15) is 4.79 Å². The van der Waals surface area contributed by atoms with Gasteiger partial charge in [0.1, 0.15) is 5.75 Å². The number of rotatable bonds is 17. The molecule has 3 aromatic carbocycles. The van der Waals surface area contributed by atoms with Gasteiger partial charge in [0.15, 0.2) is 0 Å². The molecule has 198 valence electrons. The van der Waals surface area contributed by atoms with Crippen molar-refractivity contribution in [2.24, 2.45) is 0 Å². The minimum absolute atomic E-state index is 0.307. The van der Waals surface area contributed by atoms with Gasteiger partial charge in [-0.3, -0.25) is 0 Å². The van der Waals surface area contributed by atoms with Gasteiger partial charge in [-0.25, -0.2) is 4.79 Å². The molecule has 0 bridgehead atoms. The first-order chi connectivity index (χ1) is 18.2. The molecule has 2 heteroatoms. The number of aryl methyl sites for hydroxylation is 2. The largest absolute Gasteiger partial charge is 0.423 e. The van der Waals surface area contributed by atoms with Gasteiger partial charge in [0.25, 0.3) is 0 Å². The molecule has 3 aromatic rings. The van der Waals surface area contributed by atoms with E-state index in [0.29, 0.717) is 11.3 Å². The Labute approximate surface area is 225 Å². The molecule has 0 unspecified atom stereocenters. The van der Waals surface area contributed by atoms with Crippen LogP contribution in [0.25, 0.3) is 11.1 Å². The lowest BCUT2D eigenvalue weighted by Gasteiger charge is -2.08. The summed E-state index contributed by atoms with van der Waals surface area (Å²) in [5.74, 6) is 0.266. The summed E-state index contributed by atoms with van der Waals surface area (Å²) in [6, 6.07) is 24.6. The first-order valence-electron chi connectivity index (χ1n) is 14.7. The Hall–Kier alpha value is -2.87. The van der Waals surface area contributed by atoms with Crippen LogP contribution in [0.1, 0.15) is 112 Å². The van der Waals surface area contributed by atoms with Crippen molar-refractivity contribution in [3.05, 3.63) is 89.5 Å². The fourth-order valence-electron chi connectivity index (χ4n) is 4.77. The van der Waals surface area contributed by atoms with E-state index in [1.807, 2.05) is 36.4 Å². The number of hydrogen-bond acceptors (Lipinski definition) is 2. The zero-order valence-electron chi connectivity index (χ0n) is 23.1. The summed E-state index contributed by atoms with van der Waals surface area (Å²) in [5.41, 5.74) is 5.60.